The molecule has 0 aromatic rings. The average Bonchev–Trinajstić information content (AvgIpc) is 2.19. The Kier molecular flexibility index (Phi) is 4.16. The standard InChI is InChI=1S/C10H17F3N2/c1-2-9(15-14)7-4-3-5-8(6-7)10(11,12)13/h2,7-9,15H,1,3-6,14H2. The summed E-state index contributed by atoms with van der Waals surface area (Å²) in [7, 11) is 0. The van der Waals surface area contributed by atoms with Crippen molar-refractivity contribution >= 4 is 0 Å². The van der Waals surface area contributed by atoms with Gasteiger partial charge in [0.15, 0.2) is 0 Å². The van der Waals surface area contributed by atoms with Gasteiger partial charge in [0.1, 0.15) is 0 Å². The lowest BCUT2D eigenvalue weighted by atomic mass is 9.77. The highest BCUT2D eigenvalue weighted by Gasteiger charge is 2.43. The molecule has 0 heterocycles. The van der Waals surface area contributed by atoms with Gasteiger partial charge in [0, 0.05) is 6.04 Å². The quantitative estimate of drug-likeness (QED) is 0.437. The Morgan fingerprint density at radius 2 is 2.07 bits per heavy atom. The molecule has 5 heteroatoms. The van der Waals surface area contributed by atoms with Crippen molar-refractivity contribution in [1.29, 1.82) is 0 Å². The Morgan fingerprint density at radius 1 is 1.40 bits per heavy atom. The van der Waals surface area contributed by atoms with Crippen molar-refractivity contribution in [2.24, 2.45) is 17.7 Å². The summed E-state index contributed by atoms with van der Waals surface area (Å²) in [5.41, 5.74) is 2.51. The number of alkyl halides is 3. The van der Waals surface area contributed by atoms with Crippen LogP contribution in [-0.2, 0) is 0 Å². The van der Waals surface area contributed by atoms with E-state index in [1.807, 2.05) is 0 Å². The molecule has 1 aliphatic carbocycles. The lowest BCUT2D eigenvalue weighted by Gasteiger charge is -2.33. The normalized spacial score (nSPS) is 29.9. The number of hydrogen-bond acceptors (Lipinski definition) is 2. The maximum atomic E-state index is 12.5. The minimum atomic E-state index is -4.07. The monoisotopic (exact) mass is 222 g/mol. The smallest absolute Gasteiger partial charge is 0.271 e. The third-order valence-electron chi connectivity index (χ3n) is 3.13. The van der Waals surface area contributed by atoms with E-state index in [0.717, 1.165) is 6.42 Å². The zero-order valence-electron chi connectivity index (χ0n) is 8.56. The van der Waals surface area contributed by atoms with Crippen LogP contribution in [0.1, 0.15) is 25.7 Å². The summed E-state index contributed by atoms with van der Waals surface area (Å²) in [6, 6.07) is -0.213. The summed E-state index contributed by atoms with van der Waals surface area (Å²) >= 11 is 0. The SMILES string of the molecule is C=CC(NN)C1CCCC(C(F)(F)F)C1. The fourth-order valence-electron chi connectivity index (χ4n) is 2.25. The van der Waals surface area contributed by atoms with Gasteiger partial charge in [-0.2, -0.15) is 13.2 Å². The Bertz CT molecular complexity index is 215. The first-order valence-electron chi connectivity index (χ1n) is 5.14. The molecule has 3 N–H and O–H groups in total. The number of halogens is 3. The van der Waals surface area contributed by atoms with Gasteiger partial charge in [0.25, 0.3) is 0 Å². The van der Waals surface area contributed by atoms with E-state index >= 15 is 0 Å². The molecular formula is C10H17F3N2. The van der Waals surface area contributed by atoms with Crippen molar-refractivity contribution in [3.63, 3.8) is 0 Å². The summed E-state index contributed by atoms with van der Waals surface area (Å²) in [5.74, 6) is 4.04. The van der Waals surface area contributed by atoms with E-state index in [2.05, 4.69) is 12.0 Å². The fourth-order valence-corrected chi connectivity index (χ4v) is 2.25. The maximum Gasteiger partial charge on any atom is 0.391 e. The number of rotatable bonds is 3. The molecular weight excluding hydrogens is 205 g/mol. The molecule has 1 saturated carbocycles. The van der Waals surface area contributed by atoms with Crippen LogP contribution >= 0.6 is 0 Å². The van der Waals surface area contributed by atoms with Gasteiger partial charge in [0.05, 0.1) is 5.92 Å². The Balaban J connectivity index is 2.59. The average molecular weight is 222 g/mol. The first kappa shape index (κ1) is 12.5. The second-order valence-corrected chi connectivity index (χ2v) is 4.09. The Morgan fingerprint density at radius 3 is 2.53 bits per heavy atom. The van der Waals surface area contributed by atoms with Crippen molar-refractivity contribution < 1.29 is 13.2 Å². The molecule has 0 aliphatic heterocycles. The Labute approximate surface area is 87.7 Å². The van der Waals surface area contributed by atoms with Crippen LogP contribution in [0, 0.1) is 11.8 Å². The van der Waals surface area contributed by atoms with Crippen molar-refractivity contribution in [1.82, 2.24) is 5.43 Å². The highest BCUT2D eigenvalue weighted by Crippen LogP contribution is 2.40. The number of nitrogens with one attached hydrogen (secondary N) is 1. The van der Waals surface area contributed by atoms with Gasteiger partial charge in [0.2, 0.25) is 0 Å². The lowest BCUT2D eigenvalue weighted by Crippen LogP contribution is -2.42. The van der Waals surface area contributed by atoms with Crippen molar-refractivity contribution in [2.45, 2.75) is 37.9 Å². The van der Waals surface area contributed by atoms with Crippen molar-refractivity contribution in [2.75, 3.05) is 0 Å². The number of nitrogens with two attached hydrogens (primary N) is 1. The highest BCUT2D eigenvalue weighted by atomic mass is 19.4. The van der Waals surface area contributed by atoms with E-state index in [1.54, 1.807) is 6.08 Å². The van der Waals surface area contributed by atoms with Crippen molar-refractivity contribution in [3.05, 3.63) is 12.7 Å². The zero-order valence-corrected chi connectivity index (χ0v) is 8.56. The fraction of sp³-hybridized carbons (Fsp3) is 0.800. The molecule has 0 saturated heterocycles. The molecule has 3 unspecified atom stereocenters. The molecule has 1 aliphatic rings. The topological polar surface area (TPSA) is 38.0 Å². The van der Waals surface area contributed by atoms with Gasteiger partial charge in [-0.3, -0.25) is 11.3 Å². The van der Waals surface area contributed by atoms with E-state index in [0.29, 0.717) is 6.42 Å². The van der Waals surface area contributed by atoms with E-state index in [1.165, 1.54) is 0 Å². The third kappa shape index (κ3) is 3.21. The highest BCUT2D eigenvalue weighted by molar-refractivity contribution is 4.93. The van der Waals surface area contributed by atoms with Gasteiger partial charge in [-0.15, -0.1) is 6.58 Å². The molecule has 3 atom stereocenters. The number of hydrogen-bond donors (Lipinski definition) is 2. The van der Waals surface area contributed by atoms with Gasteiger partial charge in [-0.1, -0.05) is 12.5 Å². The maximum absolute atomic E-state index is 12.5. The molecule has 2 nitrogen and oxygen atoms in total. The van der Waals surface area contributed by atoms with Crippen LogP contribution < -0.4 is 11.3 Å². The van der Waals surface area contributed by atoms with E-state index in [4.69, 9.17) is 5.84 Å². The van der Waals surface area contributed by atoms with Crippen LogP contribution in [0.3, 0.4) is 0 Å². The van der Waals surface area contributed by atoms with Gasteiger partial charge >= 0.3 is 6.18 Å². The molecule has 0 aromatic heterocycles. The minimum absolute atomic E-state index is 0.0483. The minimum Gasteiger partial charge on any atom is -0.271 e. The molecule has 0 radical (unpaired) electrons. The van der Waals surface area contributed by atoms with Gasteiger partial charge < -0.3 is 0 Å². The zero-order chi connectivity index (χ0) is 11.5. The van der Waals surface area contributed by atoms with E-state index in [9.17, 15) is 13.2 Å². The molecule has 0 spiro atoms. The summed E-state index contributed by atoms with van der Waals surface area (Å²) in [5, 5.41) is 0. The second kappa shape index (κ2) is 4.99. The summed E-state index contributed by atoms with van der Waals surface area (Å²) < 4.78 is 37.5. The number of hydrazine groups is 1. The summed E-state index contributed by atoms with van der Waals surface area (Å²) in [6.45, 7) is 3.57. The predicted molar refractivity (Wildman–Crippen MR) is 52.8 cm³/mol. The molecule has 1 fully saturated rings. The first-order valence-corrected chi connectivity index (χ1v) is 5.14. The van der Waals surface area contributed by atoms with Crippen LogP contribution in [0.25, 0.3) is 0 Å². The molecule has 1 rings (SSSR count). The first-order chi connectivity index (χ1) is 6.99. The van der Waals surface area contributed by atoms with Crippen molar-refractivity contribution in [3.8, 4) is 0 Å². The van der Waals surface area contributed by atoms with E-state index in [-0.39, 0.29) is 24.8 Å². The van der Waals surface area contributed by atoms with E-state index < -0.39 is 12.1 Å². The molecule has 0 bridgehead atoms. The lowest BCUT2D eigenvalue weighted by molar-refractivity contribution is -0.186. The molecule has 0 aromatic carbocycles. The second-order valence-electron chi connectivity index (χ2n) is 4.09. The molecule has 88 valence electrons. The predicted octanol–water partition coefficient (Wildman–Crippen LogP) is 2.37. The molecule has 15 heavy (non-hydrogen) atoms. The Hall–Kier alpha value is -0.550. The van der Waals surface area contributed by atoms with Crippen LogP contribution in [-0.4, -0.2) is 12.2 Å². The van der Waals surface area contributed by atoms with Crippen LogP contribution in [0.4, 0.5) is 13.2 Å². The van der Waals surface area contributed by atoms with Crippen LogP contribution in [0.15, 0.2) is 12.7 Å². The third-order valence-corrected chi connectivity index (χ3v) is 3.13. The van der Waals surface area contributed by atoms with Crippen LogP contribution in [0.5, 0.6) is 0 Å². The largest absolute Gasteiger partial charge is 0.391 e. The summed E-state index contributed by atoms with van der Waals surface area (Å²) in [6.07, 6.45) is -0.685. The van der Waals surface area contributed by atoms with Gasteiger partial charge in [-0.25, -0.2) is 0 Å². The van der Waals surface area contributed by atoms with Gasteiger partial charge in [-0.05, 0) is 25.2 Å². The summed E-state index contributed by atoms with van der Waals surface area (Å²) in [4.78, 5) is 0. The molecule has 0 amide bonds. The van der Waals surface area contributed by atoms with Crippen LogP contribution in [0.2, 0.25) is 0 Å².